The molecule has 1 unspecified atom stereocenters. The summed E-state index contributed by atoms with van der Waals surface area (Å²) in [5.74, 6) is -0.382. The Morgan fingerprint density at radius 1 is 1.33 bits per heavy atom. The minimum Gasteiger partial charge on any atom is -0.369 e. The minimum absolute atomic E-state index is 0.382. The number of hydrogen-bond donors (Lipinski definition) is 2. The van der Waals surface area contributed by atoms with E-state index in [2.05, 4.69) is 21.2 Å². The van der Waals surface area contributed by atoms with Crippen LogP contribution in [0.15, 0.2) is 40.2 Å². The highest BCUT2D eigenvalue weighted by Crippen LogP contribution is 2.30. The average molecular weight is 325 g/mol. The van der Waals surface area contributed by atoms with Crippen molar-refractivity contribution in [3.63, 3.8) is 0 Å². The fraction of sp³-hybridized carbons (Fsp3) is 0.154. The molecule has 0 aliphatic heterocycles. The van der Waals surface area contributed by atoms with Gasteiger partial charge in [-0.25, -0.2) is 0 Å². The molecule has 0 bridgehead atoms. The normalized spacial score (nSPS) is 12.1. The third-order valence-electron chi connectivity index (χ3n) is 2.61. The van der Waals surface area contributed by atoms with E-state index in [1.165, 1.54) is 11.3 Å². The summed E-state index contributed by atoms with van der Waals surface area (Å²) < 4.78 is 0.982. The van der Waals surface area contributed by atoms with Crippen LogP contribution in [0.25, 0.3) is 0 Å². The smallest absolute Gasteiger partial charge is 0.245 e. The number of anilines is 1. The highest BCUT2D eigenvalue weighted by Gasteiger charge is 2.19. The molecule has 3 nitrogen and oxygen atoms in total. The second kappa shape index (κ2) is 5.54. The first kappa shape index (κ1) is 13.1. The third kappa shape index (κ3) is 2.91. The lowest BCUT2D eigenvalue weighted by molar-refractivity contribution is -0.118. The van der Waals surface area contributed by atoms with Crippen molar-refractivity contribution >= 4 is 38.9 Å². The molecule has 1 atom stereocenters. The molecule has 18 heavy (non-hydrogen) atoms. The Kier molecular flexibility index (Phi) is 4.04. The van der Waals surface area contributed by atoms with Gasteiger partial charge in [0.05, 0.1) is 3.79 Å². The predicted molar refractivity (Wildman–Crippen MR) is 78.8 cm³/mol. The van der Waals surface area contributed by atoms with Crippen molar-refractivity contribution in [1.29, 1.82) is 0 Å². The number of nitrogens with two attached hydrogens (primary N) is 1. The van der Waals surface area contributed by atoms with Crippen molar-refractivity contribution in [2.24, 2.45) is 5.73 Å². The van der Waals surface area contributed by atoms with E-state index >= 15 is 0 Å². The Labute approximate surface area is 118 Å². The molecule has 0 radical (unpaired) electrons. The van der Waals surface area contributed by atoms with E-state index in [-0.39, 0.29) is 5.91 Å². The van der Waals surface area contributed by atoms with Gasteiger partial charge in [-0.3, -0.25) is 4.79 Å². The van der Waals surface area contributed by atoms with Crippen LogP contribution in [0, 0.1) is 6.92 Å². The van der Waals surface area contributed by atoms with Crippen LogP contribution in [0.3, 0.4) is 0 Å². The molecular formula is C13H13BrN2OS. The van der Waals surface area contributed by atoms with Gasteiger partial charge in [0.25, 0.3) is 0 Å². The summed E-state index contributed by atoms with van der Waals surface area (Å²) in [6.07, 6.45) is 0. The molecule has 1 aromatic heterocycles. The van der Waals surface area contributed by atoms with Crippen LogP contribution < -0.4 is 11.1 Å². The lowest BCUT2D eigenvalue weighted by atomic mass is 10.1. The summed E-state index contributed by atoms with van der Waals surface area (Å²) in [6, 6.07) is 11.1. The van der Waals surface area contributed by atoms with Gasteiger partial charge >= 0.3 is 0 Å². The van der Waals surface area contributed by atoms with Gasteiger partial charge in [-0.15, -0.1) is 11.3 Å². The van der Waals surface area contributed by atoms with Gasteiger partial charge in [-0.1, -0.05) is 18.2 Å². The zero-order valence-corrected chi connectivity index (χ0v) is 12.2. The number of amides is 1. The molecule has 0 aliphatic rings. The maximum Gasteiger partial charge on any atom is 0.245 e. The number of carbonyl (C=O) groups is 1. The first-order valence-corrected chi connectivity index (χ1v) is 7.05. The fourth-order valence-corrected chi connectivity index (χ4v) is 3.14. The topological polar surface area (TPSA) is 55.1 Å². The monoisotopic (exact) mass is 324 g/mol. The van der Waals surface area contributed by atoms with Crippen LogP contribution in [-0.4, -0.2) is 5.91 Å². The predicted octanol–water partition coefficient (Wildman–Crippen LogP) is 3.46. The van der Waals surface area contributed by atoms with Crippen molar-refractivity contribution in [1.82, 2.24) is 0 Å². The molecule has 0 saturated carbocycles. The quantitative estimate of drug-likeness (QED) is 0.904. The molecule has 0 fully saturated rings. The van der Waals surface area contributed by atoms with Crippen LogP contribution in [0.1, 0.15) is 16.5 Å². The molecule has 2 aromatic rings. The van der Waals surface area contributed by atoms with E-state index < -0.39 is 6.04 Å². The van der Waals surface area contributed by atoms with Crippen molar-refractivity contribution in [3.05, 3.63) is 50.6 Å². The number of hydrogen-bond acceptors (Lipinski definition) is 3. The number of para-hydroxylation sites is 1. The molecule has 1 aromatic carbocycles. The first-order valence-electron chi connectivity index (χ1n) is 5.44. The Hall–Kier alpha value is -1.33. The molecule has 3 N–H and O–H groups in total. The molecule has 1 heterocycles. The summed E-state index contributed by atoms with van der Waals surface area (Å²) in [5, 5.41) is 3.19. The molecule has 94 valence electrons. The Morgan fingerprint density at radius 2 is 2.06 bits per heavy atom. The van der Waals surface area contributed by atoms with E-state index in [0.29, 0.717) is 0 Å². The zero-order valence-electron chi connectivity index (χ0n) is 9.81. The number of rotatable bonds is 4. The first-order chi connectivity index (χ1) is 8.58. The number of halogens is 1. The van der Waals surface area contributed by atoms with E-state index in [9.17, 15) is 4.79 Å². The van der Waals surface area contributed by atoms with E-state index in [1.807, 2.05) is 43.3 Å². The maximum atomic E-state index is 11.6. The molecule has 2 rings (SSSR count). The molecule has 0 aliphatic carbocycles. The molecular weight excluding hydrogens is 312 g/mol. The van der Waals surface area contributed by atoms with Crippen molar-refractivity contribution in [2.75, 3.05) is 5.32 Å². The Balaban J connectivity index is 2.28. The highest BCUT2D eigenvalue weighted by atomic mass is 79.9. The largest absolute Gasteiger partial charge is 0.369 e. The lowest BCUT2D eigenvalue weighted by Gasteiger charge is -2.16. The number of benzene rings is 1. The summed E-state index contributed by atoms with van der Waals surface area (Å²) in [5.41, 5.74) is 7.47. The number of thiophene rings is 1. The summed E-state index contributed by atoms with van der Waals surface area (Å²) >= 11 is 4.89. The van der Waals surface area contributed by atoms with Gasteiger partial charge in [-0.2, -0.15) is 0 Å². The third-order valence-corrected chi connectivity index (χ3v) is 4.30. The second-order valence-electron chi connectivity index (χ2n) is 3.94. The fourth-order valence-electron chi connectivity index (χ4n) is 1.66. The summed E-state index contributed by atoms with van der Waals surface area (Å²) in [4.78, 5) is 12.5. The van der Waals surface area contributed by atoms with Crippen LogP contribution in [-0.2, 0) is 4.79 Å². The van der Waals surface area contributed by atoms with E-state index in [0.717, 1.165) is 19.9 Å². The van der Waals surface area contributed by atoms with Gasteiger partial charge in [-0.05, 0) is 46.6 Å². The lowest BCUT2D eigenvalue weighted by Crippen LogP contribution is -2.27. The maximum absolute atomic E-state index is 11.6. The summed E-state index contributed by atoms with van der Waals surface area (Å²) in [6.45, 7) is 1.99. The molecule has 0 spiro atoms. The van der Waals surface area contributed by atoms with Crippen molar-refractivity contribution in [3.8, 4) is 0 Å². The minimum atomic E-state index is -0.498. The Morgan fingerprint density at radius 3 is 2.61 bits per heavy atom. The average Bonchev–Trinajstić information content (AvgIpc) is 2.74. The number of aryl methyl sites for hydroxylation is 1. The van der Waals surface area contributed by atoms with Gasteiger partial charge < -0.3 is 11.1 Å². The van der Waals surface area contributed by atoms with Crippen molar-refractivity contribution < 1.29 is 4.79 Å². The zero-order chi connectivity index (χ0) is 13.1. The van der Waals surface area contributed by atoms with Crippen LogP contribution >= 0.6 is 27.3 Å². The molecule has 5 heteroatoms. The van der Waals surface area contributed by atoms with Crippen LogP contribution in [0.5, 0.6) is 0 Å². The standard InChI is InChI=1S/C13H13BrN2OS/c1-8-4-2-3-5-9(8)16-12(13(15)17)10-6-7-11(14)18-10/h2-7,12,16H,1H3,(H2,15,17). The SMILES string of the molecule is Cc1ccccc1NC(C(N)=O)c1ccc(Br)s1. The van der Waals surface area contributed by atoms with Gasteiger partial charge in [0.1, 0.15) is 6.04 Å². The van der Waals surface area contributed by atoms with Crippen LogP contribution in [0.4, 0.5) is 5.69 Å². The van der Waals surface area contributed by atoms with Crippen molar-refractivity contribution in [2.45, 2.75) is 13.0 Å². The van der Waals surface area contributed by atoms with Gasteiger partial charge in [0.15, 0.2) is 0 Å². The second-order valence-corrected chi connectivity index (χ2v) is 6.43. The number of primary amides is 1. The molecule has 0 saturated heterocycles. The van der Waals surface area contributed by atoms with E-state index in [1.54, 1.807) is 0 Å². The van der Waals surface area contributed by atoms with Crippen LogP contribution in [0.2, 0.25) is 0 Å². The number of carbonyl (C=O) groups excluding carboxylic acids is 1. The Bertz CT molecular complexity index is 568. The van der Waals surface area contributed by atoms with Gasteiger partial charge in [0.2, 0.25) is 5.91 Å². The summed E-state index contributed by atoms with van der Waals surface area (Å²) in [7, 11) is 0. The number of nitrogens with one attached hydrogen (secondary N) is 1. The highest BCUT2D eigenvalue weighted by molar-refractivity contribution is 9.11. The molecule has 1 amide bonds. The van der Waals surface area contributed by atoms with E-state index in [4.69, 9.17) is 5.73 Å². The van der Waals surface area contributed by atoms with Gasteiger partial charge in [0, 0.05) is 10.6 Å².